The van der Waals surface area contributed by atoms with E-state index < -0.39 is 0 Å². The normalized spacial score (nSPS) is 12.6. The number of hydrogen-bond acceptors (Lipinski definition) is 6. The van der Waals surface area contributed by atoms with Gasteiger partial charge in [0.2, 0.25) is 11.8 Å². The summed E-state index contributed by atoms with van der Waals surface area (Å²) in [6.45, 7) is 1.03. The van der Waals surface area contributed by atoms with Crippen LogP contribution in [0.3, 0.4) is 0 Å². The molecule has 25 heavy (non-hydrogen) atoms. The molecule has 0 unspecified atom stereocenters. The maximum atomic E-state index is 12.0. The van der Waals surface area contributed by atoms with E-state index in [9.17, 15) is 4.79 Å². The second kappa shape index (κ2) is 6.64. The minimum atomic E-state index is -0.219. The van der Waals surface area contributed by atoms with Gasteiger partial charge in [0.05, 0.1) is 6.42 Å². The number of nitrogens with zero attached hydrogens (tertiary/aromatic N) is 2. The molecule has 7 nitrogen and oxygen atoms in total. The molecular weight excluding hydrogens is 322 g/mol. The fourth-order valence-corrected chi connectivity index (χ4v) is 2.51. The summed E-state index contributed by atoms with van der Waals surface area (Å²) in [5.74, 6) is 1.40. The van der Waals surface area contributed by atoms with Crippen molar-refractivity contribution >= 4 is 11.9 Å². The van der Waals surface area contributed by atoms with Crippen LogP contribution in [-0.4, -0.2) is 29.3 Å². The van der Waals surface area contributed by atoms with E-state index in [1.54, 1.807) is 18.2 Å². The molecule has 1 amide bonds. The smallest absolute Gasteiger partial charge is 0.322 e. The number of amides is 1. The van der Waals surface area contributed by atoms with E-state index in [0.717, 1.165) is 5.56 Å². The van der Waals surface area contributed by atoms with Gasteiger partial charge in [-0.05, 0) is 23.8 Å². The number of aromatic nitrogens is 2. The molecule has 4 rings (SSSR count). The van der Waals surface area contributed by atoms with Gasteiger partial charge in [-0.1, -0.05) is 35.4 Å². The lowest BCUT2D eigenvalue weighted by atomic mass is 10.1. The summed E-state index contributed by atoms with van der Waals surface area (Å²) in [6.07, 6.45) is 0.239. The number of carbonyl (C=O) groups is 1. The molecule has 126 valence electrons. The predicted octanol–water partition coefficient (Wildman–Crippen LogP) is 2.69. The van der Waals surface area contributed by atoms with Crippen molar-refractivity contribution in [1.82, 2.24) is 10.2 Å². The van der Waals surface area contributed by atoms with Gasteiger partial charge in [0.15, 0.2) is 11.5 Å². The van der Waals surface area contributed by atoms with E-state index in [-0.39, 0.29) is 18.3 Å². The lowest BCUT2D eigenvalue weighted by Gasteiger charge is -2.18. The van der Waals surface area contributed by atoms with Crippen LogP contribution in [-0.2, 0) is 11.2 Å². The van der Waals surface area contributed by atoms with Crippen LogP contribution in [0.15, 0.2) is 52.9 Å². The van der Waals surface area contributed by atoms with E-state index >= 15 is 0 Å². The fraction of sp³-hybridized carbons (Fsp3) is 0.167. The number of hydrogen-bond donors (Lipinski definition) is 1. The van der Waals surface area contributed by atoms with Crippen LogP contribution in [0.1, 0.15) is 5.56 Å². The molecule has 0 bridgehead atoms. The fourth-order valence-electron chi connectivity index (χ4n) is 2.51. The van der Waals surface area contributed by atoms with Crippen LogP contribution in [0.2, 0.25) is 0 Å². The average molecular weight is 337 g/mol. The van der Waals surface area contributed by atoms with Gasteiger partial charge in [-0.3, -0.25) is 10.1 Å². The first kappa shape index (κ1) is 15.2. The van der Waals surface area contributed by atoms with E-state index in [1.807, 2.05) is 30.3 Å². The van der Waals surface area contributed by atoms with Crippen LogP contribution in [0.4, 0.5) is 6.01 Å². The lowest BCUT2D eigenvalue weighted by molar-refractivity contribution is -0.115. The Morgan fingerprint density at radius 1 is 1.00 bits per heavy atom. The van der Waals surface area contributed by atoms with Crippen LogP contribution >= 0.6 is 0 Å². The highest BCUT2D eigenvalue weighted by Gasteiger charge is 2.16. The van der Waals surface area contributed by atoms with Crippen molar-refractivity contribution in [3.8, 4) is 23.0 Å². The molecule has 0 fully saturated rings. The molecule has 1 aliphatic heterocycles. The molecule has 0 aliphatic carbocycles. The minimum absolute atomic E-state index is 0.0609. The maximum absolute atomic E-state index is 12.0. The SMILES string of the molecule is O=C(Cc1ccccc1)Nc1nnc(-c2ccc3c(c2)OCCO3)o1. The van der Waals surface area contributed by atoms with Gasteiger partial charge in [0.25, 0.3) is 0 Å². The van der Waals surface area contributed by atoms with Gasteiger partial charge in [-0.15, -0.1) is 5.10 Å². The highest BCUT2D eigenvalue weighted by molar-refractivity contribution is 5.90. The third kappa shape index (κ3) is 3.45. The minimum Gasteiger partial charge on any atom is -0.486 e. The number of benzene rings is 2. The Kier molecular flexibility index (Phi) is 4.04. The third-order valence-corrected chi connectivity index (χ3v) is 3.67. The summed E-state index contributed by atoms with van der Waals surface area (Å²) in [6, 6.07) is 14.9. The summed E-state index contributed by atoms with van der Waals surface area (Å²) < 4.78 is 16.5. The first-order valence-corrected chi connectivity index (χ1v) is 7.85. The Balaban J connectivity index is 1.46. The van der Waals surface area contributed by atoms with Crippen LogP contribution in [0.25, 0.3) is 11.5 Å². The molecule has 0 radical (unpaired) electrons. The van der Waals surface area contributed by atoms with Crippen molar-refractivity contribution < 1.29 is 18.7 Å². The molecule has 2 aromatic carbocycles. The molecule has 0 atom stereocenters. The summed E-state index contributed by atoms with van der Waals surface area (Å²) in [7, 11) is 0. The van der Waals surface area contributed by atoms with Crippen molar-refractivity contribution in [2.24, 2.45) is 0 Å². The van der Waals surface area contributed by atoms with E-state index in [0.29, 0.717) is 36.2 Å². The van der Waals surface area contributed by atoms with Crippen molar-refractivity contribution in [3.05, 3.63) is 54.1 Å². The zero-order chi connectivity index (χ0) is 17.1. The monoisotopic (exact) mass is 337 g/mol. The van der Waals surface area contributed by atoms with Gasteiger partial charge in [0.1, 0.15) is 13.2 Å². The summed E-state index contributed by atoms with van der Waals surface area (Å²) in [5.41, 5.74) is 1.60. The van der Waals surface area contributed by atoms with Crippen molar-refractivity contribution in [2.75, 3.05) is 18.5 Å². The molecule has 2 heterocycles. The summed E-state index contributed by atoms with van der Waals surface area (Å²) in [4.78, 5) is 12.0. The molecule has 7 heteroatoms. The zero-order valence-electron chi connectivity index (χ0n) is 13.3. The number of nitrogens with one attached hydrogen (secondary N) is 1. The highest BCUT2D eigenvalue weighted by Crippen LogP contribution is 2.34. The molecule has 1 aliphatic rings. The van der Waals surface area contributed by atoms with Crippen LogP contribution in [0, 0.1) is 0 Å². The molecule has 0 saturated heterocycles. The topological polar surface area (TPSA) is 86.5 Å². The van der Waals surface area contributed by atoms with E-state index in [2.05, 4.69) is 15.5 Å². The molecule has 1 N–H and O–H groups in total. The quantitative estimate of drug-likeness (QED) is 0.788. The molecular formula is C18H15N3O4. The molecule has 0 saturated carbocycles. The van der Waals surface area contributed by atoms with Gasteiger partial charge in [-0.25, -0.2) is 0 Å². The standard InChI is InChI=1S/C18H15N3O4/c22-16(10-12-4-2-1-3-5-12)19-18-21-20-17(25-18)13-6-7-14-15(11-13)24-9-8-23-14/h1-7,11H,8-10H2,(H,19,21,22). The Morgan fingerprint density at radius 2 is 1.80 bits per heavy atom. The third-order valence-electron chi connectivity index (χ3n) is 3.67. The second-order valence-corrected chi connectivity index (χ2v) is 5.48. The number of anilines is 1. The second-order valence-electron chi connectivity index (χ2n) is 5.48. The van der Waals surface area contributed by atoms with Crippen molar-refractivity contribution in [3.63, 3.8) is 0 Å². The Hall–Kier alpha value is -3.35. The Labute approximate surface area is 143 Å². The van der Waals surface area contributed by atoms with Gasteiger partial charge >= 0.3 is 6.01 Å². The predicted molar refractivity (Wildman–Crippen MR) is 89.5 cm³/mol. The van der Waals surface area contributed by atoms with Crippen molar-refractivity contribution in [2.45, 2.75) is 6.42 Å². The average Bonchev–Trinajstić information content (AvgIpc) is 3.10. The molecule has 0 spiro atoms. The summed E-state index contributed by atoms with van der Waals surface area (Å²) >= 11 is 0. The number of ether oxygens (including phenoxy) is 2. The number of fused-ring (bicyclic) bond motifs is 1. The van der Waals surface area contributed by atoms with Crippen LogP contribution in [0.5, 0.6) is 11.5 Å². The van der Waals surface area contributed by atoms with Gasteiger partial charge in [-0.2, -0.15) is 0 Å². The Morgan fingerprint density at radius 3 is 2.64 bits per heavy atom. The number of carbonyl (C=O) groups excluding carboxylic acids is 1. The Bertz CT molecular complexity index is 892. The molecule has 1 aromatic heterocycles. The largest absolute Gasteiger partial charge is 0.486 e. The van der Waals surface area contributed by atoms with E-state index in [1.165, 1.54) is 0 Å². The van der Waals surface area contributed by atoms with E-state index in [4.69, 9.17) is 13.9 Å². The first-order valence-electron chi connectivity index (χ1n) is 7.85. The van der Waals surface area contributed by atoms with Gasteiger partial charge in [0, 0.05) is 5.56 Å². The van der Waals surface area contributed by atoms with Crippen molar-refractivity contribution in [1.29, 1.82) is 0 Å². The molecule has 3 aromatic rings. The first-order chi connectivity index (χ1) is 12.3. The maximum Gasteiger partial charge on any atom is 0.322 e. The zero-order valence-corrected chi connectivity index (χ0v) is 13.3. The summed E-state index contributed by atoms with van der Waals surface area (Å²) in [5, 5.41) is 10.4. The number of rotatable bonds is 4. The highest BCUT2D eigenvalue weighted by atomic mass is 16.6. The van der Waals surface area contributed by atoms with Gasteiger partial charge < -0.3 is 13.9 Å². The lowest BCUT2D eigenvalue weighted by Crippen LogP contribution is -2.15. The van der Waals surface area contributed by atoms with Crippen LogP contribution < -0.4 is 14.8 Å².